The second-order valence-electron chi connectivity index (χ2n) is 19.9. The third-order valence-corrected chi connectivity index (χ3v) is 14.9. The molecule has 12 rings (SSSR count). The number of fused-ring (bicyclic) bond motifs is 8. The first-order valence-electron chi connectivity index (χ1n) is 26.4. The van der Waals surface area contributed by atoms with Crippen LogP contribution in [0.5, 0.6) is 0 Å². The number of carbonyl (C=O) groups excluding carboxylic acids is 1. The number of aryl methyl sites for hydroxylation is 6. The Bertz CT molecular complexity index is 3790. The molecule has 8 bridgehead atoms. The van der Waals surface area contributed by atoms with Crippen LogP contribution in [0.4, 0.5) is 4.79 Å². The normalized spacial score (nSPS) is 13.4. The van der Waals surface area contributed by atoms with E-state index in [4.69, 9.17) is 19.9 Å². The summed E-state index contributed by atoms with van der Waals surface area (Å²) in [6, 6.07) is 42.4. The van der Waals surface area contributed by atoms with Gasteiger partial charge in [0.1, 0.15) is 0 Å². The maximum atomic E-state index is 12.6. The van der Waals surface area contributed by atoms with Crippen molar-refractivity contribution in [3.05, 3.63) is 258 Å². The van der Waals surface area contributed by atoms with E-state index < -0.39 is 0 Å². The van der Waals surface area contributed by atoms with Crippen molar-refractivity contribution < 1.29 is 41.3 Å². The standard InChI is InChI=1S/C66H53N5OS.C5H5.Fe.Zn/c1-8-67-66(72)73-51-25-23-50(24-26-51)63-54-29-33-58(70-54)64(60-41(4)35-39(2)36-42(60)5)56-31-27-52(68-56)62(49-21-17-46(18-22-49)14-13-45-15-19-48(20-16-45)47-11-9-10-12-47)53-28-32-57(69-53)65(59-34-30-55(63)71-59)61-43(6)37-40(3)38-44(61)7;1-2-4-5-3-1;;/h9-12,15-38H,8H2,1-7H3,(H2-,67,68,69,70,71,72);1-5H;;/q-1;;2*+2/p-1. The number of rotatable bonds is 7. The van der Waals surface area contributed by atoms with E-state index in [1.165, 1.54) is 34.4 Å². The Hall–Kier alpha value is -6.78. The van der Waals surface area contributed by atoms with Crippen LogP contribution in [-0.4, -0.2) is 21.8 Å². The molecule has 4 aliphatic rings. The molecule has 1 amide bonds. The van der Waals surface area contributed by atoms with Gasteiger partial charge in [-0.05, 0) is 251 Å². The molecular formula is C71H57FeN5OSZn+2. The van der Waals surface area contributed by atoms with Gasteiger partial charge in [-0.3, -0.25) is 4.79 Å². The van der Waals surface area contributed by atoms with E-state index in [1.54, 1.807) is 0 Å². The van der Waals surface area contributed by atoms with Crippen LogP contribution in [0.3, 0.4) is 0 Å². The average molecular weight is 1150 g/mol. The summed E-state index contributed by atoms with van der Waals surface area (Å²) in [5.74, 6) is 7.98. The molecule has 5 heterocycles. The van der Waals surface area contributed by atoms with Gasteiger partial charge in [-0.15, -0.1) is 22.1 Å². The van der Waals surface area contributed by atoms with Gasteiger partial charge in [0.25, 0.3) is 5.24 Å². The molecule has 0 unspecified atom stereocenters. The van der Waals surface area contributed by atoms with Crippen LogP contribution in [0, 0.1) is 117 Å². The summed E-state index contributed by atoms with van der Waals surface area (Å²) >= 11 is 1.18. The largest absolute Gasteiger partial charge is 2.00 e. The van der Waals surface area contributed by atoms with Crippen LogP contribution in [0.25, 0.3) is 90.9 Å². The third kappa shape index (κ3) is 12.6. The summed E-state index contributed by atoms with van der Waals surface area (Å²) in [4.78, 5) is 35.6. The zero-order valence-corrected chi connectivity index (χ0v) is 50.8. The van der Waals surface area contributed by atoms with Gasteiger partial charge in [-0.2, -0.15) is 0 Å². The zero-order valence-electron chi connectivity index (χ0n) is 45.9. The monoisotopic (exact) mass is 1150 g/mol. The minimum Gasteiger partial charge on any atom is -0.657 e. The summed E-state index contributed by atoms with van der Waals surface area (Å²) in [6.45, 7) is 15.5. The van der Waals surface area contributed by atoms with E-state index in [0.29, 0.717) is 6.54 Å². The van der Waals surface area contributed by atoms with E-state index in [-0.39, 0.29) is 41.8 Å². The molecular weight excluding hydrogens is 1090 g/mol. The molecule has 2 saturated carbocycles. The molecule has 2 fully saturated rings. The summed E-state index contributed by atoms with van der Waals surface area (Å²) in [7, 11) is 0. The number of hydrogen-bond acceptors (Lipinski definition) is 4. The van der Waals surface area contributed by atoms with E-state index >= 15 is 0 Å². The number of amides is 1. The molecule has 6 nitrogen and oxygen atoms in total. The van der Waals surface area contributed by atoms with Crippen LogP contribution in [0.1, 0.15) is 79.8 Å². The second kappa shape index (κ2) is 25.8. The Labute approximate surface area is 500 Å². The fourth-order valence-electron chi connectivity index (χ4n) is 10.8. The molecule has 9 heteroatoms. The summed E-state index contributed by atoms with van der Waals surface area (Å²) in [5, 5.41) is 2.81. The SMILES string of the molecule is CCNC(=O)Sc1ccc(-c2c3nc(c(-c4c(C)cc(C)cc4C)c4ccc([n-]4)c(-c4ccc(C#Cc5ccc([C]6[CH][CH][CH][CH]6)cc5)cc4)c4nc(c(-c5c(C)cc(C)cc5C)c5ccc2[n-]5)C=C4)C=C3)cc1.[CH]1[CH][CH][CH][CH]1.[Fe+2].[Zn+2]. The van der Waals surface area contributed by atoms with E-state index in [0.717, 1.165) is 128 Å². The van der Waals surface area contributed by atoms with Gasteiger partial charge in [0.05, 0.1) is 22.8 Å². The van der Waals surface area contributed by atoms with Gasteiger partial charge in [0.2, 0.25) is 0 Å². The fourth-order valence-corrected chi connectivity index (χ4v) is 11.5. The van der Waals surface area contributed by atoms with Crippen molar-refractivity contribution in [2.24, 2.45) is 0 Å². The van der Waals surface area contributed by atoms with Crippen molar-refractivity contribution in [3.8, 4) is 56.3 Å². The number of carbonyl (C=O) groups is 1. The Morgan fingerprint density at radius 1 is 0.463 bits per heavy atom. The molecule has 8 aromatic rings. The number of nitrogens with one attached hydrogen (secondary N) is 1. The van der Waals surface area contributed by atoms with Gasteiger partial charge in [-0.25, -0.2) is 9.97 Å². The Kier molecular flexibility index (Phi) is 18.7. The molecule has 10 radical (unpaired) electrons. The Balaban J connectivity index is 0.00000105. The minimum absolute atomic E-state index is 0. The molecule has 2 aliphatic carbocycles. The predicted octanol–water partition coefficient (Wildman–Crippen LogP) is 16.4. The van der Waals surface area contributed by atoms with Crippen molar-refractivity contribution in [3.63, 3.8) is 0 Å². The maximum absolute atomic E-state index is 12.6. The maximum Gasteiger partial charge on any atom is 2.00 e. The molecule has 3 aromatic heterocycles. The summed E-state index contributed by atoms with van der Waals surface area (Å²) < 4.78 is 0. The molecule has 2 aliphatic heterocycles. The molecule has 0 spiro atoms. The fraction of sp³-hybridized carbons (Fsp3) is 0.113. The van der Waals surface area contributed by atoms with Crippen molar-refractivity contribution in [1.29, 1.82) is 0 Å². The first-order chi connectivity index (χ1) is 38.0. The van der Waals surface area contributed by atoms with Gasteiger partial charge >= 0.3 is 36.5 Å². The Morgan fingerprint density at radius 3 is 1.20 bits per heavy atom. The average Bonchev–Trinajstić information content (AvgIpc) is 4.41. The number of aromatic nitrogens is 4. The van der Waals surface area contributed by atoms with E-state index in [9.17, 15) is 4.79 Å². The van der Waals surface area contributed by atoms with Gasteiger partial charge < -0.3 is 15.3 Å². The summed E-state index contributed by atoms with van der Waals surface area (Å²) in [6.07, 6.45) is 26.8. The molecule has 0 atom stereocenters. The third-order valence-electron chi connectivity index (χ3n) is 14.1. The van der Waals surface area contributed by atoms with Crippen LogP contribution >= 0.6 is 11.8 Å². The van der Waals surface area contributed by atoms with Crippen LogP contribution in [-0.2, 0) is 36.5 Å². The first kappa shape index (κ1) is 57.9. The van der Waals surface area contributed by atoms with E-state index in [1.807, 2.05) is 51.2 Å². The van der Waals surface area contributed by atoms with Crippen LogP contribution < -0.4 is 15.3 Å². The predicted molar refractivity (Wildman–Crippen MR) is 325 cm³/mol. The number of nitrogens with zero attached hydrogens (tertiary/aromatic N) is 4. The molecule has 5 aromatic carbocycles. The van der Waals surface area contributed by atoms with Crippen molar-refractivity contribution in [2.45, 2.75) is 53.4 Å². The van der Waals surface area contributed by atoms with Crippen molar-refractivity contribution >= 4 is 63.4 Å². The van der Waals surface area contributed by atoms with Gasteiger partial charge in [0, 0.05) is 28.5 Å². The number of thioether (sulfide) groups is 1. The number of hydrogen-bond donors (Lipinski definition) is 1. The zero-order chi connectivity index (χ0) is 53.9. The quantitative estimate of drug-likeness (QED) is 0.0973. The van der Waals surface area contributed by atoms with Gasteiger partial charge in [-0.1, -0.05) is 108 Å². The topological polar surface area (TPSA) is 83.1 Å². The molecule has 1 N–H and O–H groups in total. The molecule has 0 saturated heterocycles. The second-order valence-corrected chi connectivity index (χ2v) is 20.9. The van der Waals surface area contributed by atoms with E-state index in [2.05, 4.69) is 218 Å². The smallest absolute Gasteiger partial charge is 0.657 e. The van der Waals surface area contributed by atoms with Crippen molar-refractivity contribution in [1.82, 2.24) is 25.3 Å². The summed E-state index contributed by atoms with van der Waals surface area (Å²) in [5.41, 5.74) is 24.3. The molecule has 386 valence electrons. The van der Waals surface area contributed by atoms with Crippen molar-refractivity contribution in [2.75, 3.05) is 6.54 Å². The Morgan fingerprint density at radius 2 is 0.812 bits per heavy atom. The van der Waals surface area contributed by atoms with Gasteiger partial charge in [0.15, 0.2) is 0 Å². The minimum atomic E-state index is -0.0870. The number of benzene rings is 5. The first-order valence-corrected chi connectivity index (χ1v) is 27.2. The molecule has 80 heavy (non-hydrogen) atoms. The van der Waals surface area contributed by atoms with Crippen LogP contribution in [0.15, 0.2) is 126 Å². The van der Waals surface area contributed by atoms with Crippen LogP contribution in [0.2, 0.25) is 0 Å².